The number of nitrogens with zero attached hydrogens (tertiary/aromatic N) is 1. The molecule has 1 aromatic carbocycles. The van der Waals surface area contributed by atoms with Crippen LogP contribution in [0.1, 0.15) is 57.1 Å². The van der Waals surface area contributed by atoms with E-state index in [1.807, 2.05) is 6.07 Å². The smallest absolute Gasteiger partial charge is 0.232 e. The van der Waals surface area contributed by atoms with Gasteiger partial charge in [0.05, 0.1) is 5.41 Å². The van der Waals surface area contributed by atoms with Gasteiger partial charge in [-0.15, -0.1) is 0 Å². The molecule has 0 spiro atoms. The highest BCUT2D eigenvalue weighted by Crippen LogP contribution is 2.38. The number of carbonyl (C=O) groups is 1. The van der Waals surface area contributed by atoms with Gasteiger partial charge in [-0.25, -0.2) is 0 Å². The summed E-state index contributed by atoms with van der Waals surface area (Å²) in [5, 5.41) is 0. The van der Waals surface area contributed by atoms with Crippen LogP contribution in [-0.2, 0) is 16.6 Å². The summed E-state index contributed by atoms with van der Waals surface area (Å²) in [4.78, 5) is 15.1. The van der Waals surface area contributed by atoms with Gasteiger partial charge >= 0.3 is 0 Å². The van der Waals surface area contributed by atoms with Crippen molar-refractivity contribution in [1.29, 1.82) is 0 Å². The van der Waals surface area contributed by atoms with Crippen LogP contribution in [0.2, 0.25) is 0 Å². The lowest BCUT2D eigenvalue weighted by atomic mass is 9.78. The van der Waals surface area contributed by atoms with Crippen LogP contribution in [0.5, 0.6) is 0 Å². The molecule has 1 aromatic rings. The van der Waals surface area contributed by atoms with Crippen LogP contribution < -0.4 is 5.73 Å². The molecule has 1 saturated carbocycles. The molecule has 3 rings (SSSR count). The standard InChI is InChI=1S/C19H28N2O/c1-18(2,17(22)21-12-6-3-7-13-21)16-9-5-4-8-15(16)14-19(20)10-11-19/h4-5,8-9H,3,6-7,10-14,20H2,1-2H3. The van der Waals surface area contributed by atoms with E-state index in [9.17, 15) is 4.79 Å². The molecule has 120 valence electrons. The normalized spacial score (nSPS) is 20.8. The van der Waals surface area contributed by atoms with Gasteiger partial charge in [0, 0.05) is 18.6 Å². The second-order valence-corrected chi connectivity index (χ2v) is 7.67. The lowest BCUT2D eigenvalue weighted by Crippen LogP contribution is -2.46. The summed E-state index contributed by atoms with van der Waals surface area (Å²) in [5.74, 6) is 0.265. The van der Waals surface area contributed by atoms with Crippen molar-refractivity contribution < 1.29 is 4.79 Å². The van der Waals surface area contributed by atoms with Crippen LogP contribution >= 0.6 is 0 Å². The van der Waals surface area contributed by atoms with E-state index in [0.29, 0.717) is 0 Å². The van der Waals surface area contributed by atoms with Crippen molar-refractivity contribution in [2.75, 3.05) is 13.1 Å². The molecule has 2 N–H and O–H groups in total. The number of hydrogen-bond acceptors (Lipinski definition) is 2. The number of amides is 1. The lowest BCUT2D eigenvalue weighted by Gasteiger charge is -2.35. The Labute approximate surface area is 133 Å². The fourth-order valence-corrected chi connectivity index (χ4v) is 3.61. The zero-order valence-corrected chi connectivity index (χ0v) is 13.9. The molecule has 0 bridgehead atoms. The summed E-state index contributed by atoms with van der Waals surface area (Å²) < 4.78 is 0. The molecule has 1 saturated heterocycles. The molecule has 1 heterocycles. The van der Waals surface area contributed by atoms with E-state index in [-0.39, 0.29) is 11.4 Å². The van der Waals surface area contributed by atoms with Crippen molar-refractivity contribution >= 4 is 5.91 Å². The van der Waals surface area contributed by atoms with E-state index >= 15 is 0 Å². The minimum Gasteiger partial charge on any atom is -0.342 e. The van der Waals surface area contributed by atoms with E-state index < -0.39 is 5.41 Å². The highest BCUT2D eigenvalue weighted by molar-refractivity contribution is 5.88. The summed E-state index contributed by atoms with van der Waals surface area (Å²) in [7, 11) is 0. The first-order chi connectivity index (χ1) is 10.4. The molecule has 0 radical (unpaired) electrons. The number of likely N-dealkylation sites (tertiary alicyclic amines) is 1. The van der Waals surface area contributed by atoms with Gasteiger partial charge in [-0.1, -0.05) is 24.3 Å². The number of carbonyl (C=O) groups excluding carboxylic acids is 1. The summed E-state index contributed by atoms with van der Waals surface area (Å²) in [6.45, 7) is 5.95. The Morgan fingerprint density at radius 3 is 2.45 bits per heavy atom. The van der Waals surface area contributed by atoms with Gasteiger partial charge in [0.15, 0.2) is 0 Å². The molecular formula is C19H28N2O. The largest absolute Gasteiger partial charge is 0.342 e. The van der Waals surface area contributed by atoms with Gasteiger partial charge in [0.2, 0.25) is 5.91 Å². The second-order valence-electron chi connectivity index (χ2n) is 7.67. The maximum Gasteiger partial charge on any atom is 0.232 e. The fraction of sp³-hybridized carbons (Fsp3) is 0.632. The van der Waals surface area contributed by atoms with E-state index in [1.54, 1.807) is 0 Å². The van der Waals surface area contributed by atoms with Crippen molar-refractivity contribution in [2.24, 2.45) is 5.73 Å². The van der Waals surface area contributed by atoms with Crippen LogP contribution in [0, 0.1) is 0 Å². The predicted octanol–water partition coefficient (Wildman–Crippen LogP) is 3.01. The molecule has 1 aliphatic carbocycles. The van der Waals surface area contributed by atoms with Gasteiger partial charge in [0.1, 0.15) is 0 Å². The molecule has 2 fully saturated rings. The minimum atomic E-state index is -0.473. The number of hydrogen-bond donors (Lipinski definition) is 1. The van der Waals surface area contributed by atoms with Gasteiger partial charge in [-0.2, -0.15) is 0 Å². The average Bonchev–Trinajstić information content (AvgIpc) is 3.25. The molecule has 1 aliphatic heterocycles. The first-order valence-corrected chi connectivity index (χ1v) is 8.59. The van der Waals surface area contributed by atoms with Crippen LogP contribution in [0.25, 0.3) is 0 Å². The van der Waals surface area contributed by atoms with E-state index in [0.717, 1.165) is 50.8 Å². The molecule has 0 aromatic heterocycles. The van der Waals surface area contributed by atoms with E-state index in [2.05, 4.69) is 36.9 Å². The van der Waals surface area contributed by atoms with Crippen LogP contribution in [0.15, 0.2) is 24.3 Å². The number of benzene rings is 1. The maximum atomic E-state index is 13.0. The second kappa shape index (κ2) is 5.69. The van der Waals surface area contributed by atoms with Crippen molar-refractivity contribution in [3.8, 4) is 0 Å². The Balaban J connectivity index is 1.86. The van der Waals surface area contributed by atoms with Gasteiger partial charge in [-0.3, -0.25) is 4.79 Å². The third-order valence-corrected chi connectivity index (χ3v) is 5.30. The molecule has 22 heavy (non-hydrogen) atoms. The maximum absolute atomic E-state index is 13.0. The van der Waals surface area contributed by atoms with Gasteiger partial charge in [-0.05, 0) is 63.5 Å². The van der Waals surface area contributed by atoms with E-state index in [4.69, 9.17) is 5.73 Å². The first-order valence-electron chi connectivity index (χ1n) is 8.59. The minimum absolute atomic E-state index is 0.0274. The first kappa shape index (κ1) is 15.5. The molecule has 3 heteroatoms. The summed E-state index contributed by atoms with van der Waals surface area (Å²) in [6, 6.07) is 8.36. The Bertz CT molecular complexity index is 554. The molecule has 3 nitrogen and oxygen atoms in total. The monoisotopic (exact) mass is 300 g/mol. The summed E-state index contributed by atoms with van der Waals surface area (Å²) >= 11 is 0. The number of rotatable bonds is 4. The fourth-order valence-electron chi connectivity index (χ4n) is 3.61. The average molecular weight is 300 g/mol. The van der Waals surface area contributed by atoms with E-state index in [1.165, 1.54) is 12.0 Å². The number of nitrogens with two attached hydrogens (primary N) is 1. The third-order valence-electron chi connectivity index (χ3n) is 5.30. The lowest BCUT2D eigenvalue weighted by molar-refractivity contribution is -0.137. The van der Waals surface area contributed by atoms with Gasteiger partial charge in [0.25, 0.3) is 0 Å². The topological polar surface area (TPSA) is 46.3 Å². The highest BCUT2D eigenvalue weighted by Gasteiger charge is 2.41. The van der Waals surface area contributed by atoms with Crippen molar-refractivity contribution in [3.63, 3.8) is 0 Å². The summed E-state index contributed by atoms with van der Waals surface area (Å²) in [5.41, 5.74) is 8.22. The SMILES string of the molecule is CC(C)(C(=O)N1CCCCC1)c1ccccc1CC1(N)CC1. The molecule has 0 unspecified atom stereocenters. The van der Waals surface area contributed by atoms with Crippen LogP contribution in [-0.4, -0.2) is 29.4 Å². The zero-order valence-electron chi connectivity index (χ0n) is 13.9. The van der Waals surface area contributed by atoms with Crippen molar-refractivity contribution in [3.05, 3.63) is 35.4 Å². The highest BCUT2D eigenvalue weighted by atomic mass is 16.2. The Morgan fingerprint density at radius 2 is 1.82 bits per heavy atom. The predicted molar refractivity (Wildman–Crippen MR) is 89.8 cm³/mol. The molecular weight excluding hydrogens is 272 g/mol. The van der Waals surface area contributed by atoms with Crippen LogP contribution in [0.3, 0.4) is 0 Å². The summed E-state index contributed by atoms with van der Waals surface area (Å²) in [6.07, 6.45) is 6.60. The Morgan fingerprint density at radius 1 is 1.18 bits per heavy atom. The van der Waals surface area contributed by atoms with Gasteiger partial charge < -0.3 is 10.6 Å². The Kier molecular flexibility index (Phi) is 4.02. The van der Waals surface area contributed by atoms with Crippen LogP contribution in [0.4, 0.5) is 0 Å². The van der Waals surface area contributed by atoms with Crippen molar-refractivity contribution in [2.45, 2.75) is 63.3 Å². The Hall–Kier alpha value is -1.35. The molecule has 2 aliphatic rings. The van der Waals surface area contributed by atoms with Crippen molar-refractivity contribution in [1.82, 2.24) is 4.90 Å². The molecule has 0 atom stereocenters. The quantitative estimate of drug-likeness (QED) is 0.929. The zero-order chi connectivity index (χ0) is 15.8. The third kappa shape index (κ3) is 3.05. The molecule has 1 amide bonds. The number of piperidine rings is 1.